The number of amides is 1. The lowest BCUT2D eigenvalue weighted by Gasteiger charge is -2.17. The molecule has 0 aromatic rings. The number of likely N-dealkylation sites (N-methyl/N-ethyl adjacent to an activating group) is 1. The average molecular weight is 215 g/mol. The van der Waals surface area contributed by atoms with E-state index in [9.17, 15) is 4.79 Å². The molecular weight excluding hydrogens is 198 g/mol. The average Bonchev–Trinajstić information content (AvgIpc) is 2.34. The predicted octanol–water partition coefficient (Wildman–Crippen LogP) is 0.0896. The van der Waals surface area contributed by atoms with Gasteiger partial charge in [-0.25, -0.2) is 0 Å². The molecule has 1 heterocycles. The Hall–Kier alpha value is -0.840. The van der Waals surface area contributed by atoms with Crippen LogP contribution in [-0.2, 0) is 4.79 Å². The van der Waals surface area contributed by atoms with Gasteiger partial charge in [-0.2, -0.15) is 0 Å². The molecule has 1 saturated heterocycles. The molecule has 1 fully saturated rings. The van der Waals surface area contributed by atoms with Crippen molar-refractivity contribution < 1.29 is 4.79 Å². The van der Waals surface area contributed by atoms with Crippen LogP contribution in [-0.4, -0.2) is 41.6 Å². The molecule has 5 heteroatoms. The van der Waals surface area contributed by atoms with Crippen LogP contribution >= 0.6 is 12.2 Å². The normalized spacial score (nSPS) is 21.6. The summed E-state index contributed by atoms with van der Waals surface area (Å²) < 4.78 is 0. The van der Waals surface area contributed by atoms with Gasteiger partial charge in [0.05, 0.1) is 0 Å². The molecule has 0 aliphatic carbocycles. The van der Waals surface area contributed by atoms with Crippen molar-refractivity contribution in [2.45, 2.75) is 32.4 Å². The second kappa shape index (κ2) is 4.59. The van der Waals surface area contributed by atoms with Crippen molar-refractivity contribution in [2.24, 2.45) is 0 Å². The van der Waals surface area contributed by atoms with Crippen molar-refractivity contribution >= 4 is 23.2 Å². The minimum atomic E-state index is -0.140. The van der Waals surface area contributed by atoms with Gasteiger partial charge in [0.1, 0.15) is 6.04 Å². The minimum absolute atomic E-state index is 0.123. The SMILES string of the molecule is CC(C)NC(=S)NC1CCN(C)C1=O. The third-order valence-corrected chi connectivity index (χ3v) is 2.39. The van der Waals surface area contributed by atoms with Gasteiger partial charge in [0, 0.05) is 19.6 Å². The van der Waals surface area contributed by atoms with Crippen LogP contribution in [0.4, 0.5) is 0 Å². The first-order chi connectivity index (χ1) is 6.50. The lowest BCUT2D eigenvalue weighted by Crippen LogP contribution is -2.47. The van der Waals surface area contributed by atoms with Gasteiger partial charge in [-0.1, -0.05) is 0 Å². The number of thiocarbonyl (C=S) groups is 1. The van der Waals surface area contributed by atoms with Crippen LogP contribution in [0.2, 0.25) is 0 Å². The fraction of sp³-hybridized carbons (Fsp3) is 0.778. The molecule has 14 heavy (non-hydrogen) atoms. The van der Waals surface area contributed by atoms with E-state index in [0.717, 1.165) is 13.0 Å². The number of carbonyl (C=O) groups is 1. The van der Waals surface area contributed by atoms with E-state index in [2.05, 4.69) is 10.6 Å². The molecule has 0 aromatic carbocycles. The predicted molar refractivity (Wildman–Crippen MR) is 60.0 cm³/mol. The van der Waals surface area contributed by atoms with Crippen molar-refractivity contribution in [2.75, 3.05) is 13.6 Å². The zero-order valence-electron chi connectivity index (χ0n) is 8.83. The van der Waals surface area contributed by atoms with Gasteiger partial charge in [0.25, 0.3) is 0 Å². The van der Waals surface area contributed by atoms with Crippen molar-refractivity contribution in [3.8, 4) is 0 Å². The maximum Gasteiger partial charge on any atom is 0.244 e. The number of carbonyl (C=O) groups excluding carboxylic acids is 1. The highest BCUT2D eigenvalue weighted by molar-refractivity contribution is 7.80. The Morgan fingerprint density at radius 3 is 2.71 bits per heavy atom. The molecule has 0 saturated carbocycles. The van der Waals surface area contributed by atoms with Crippen LogP contribution in [0.1, 0.15) is 20.3 Å². The molecule has 0 aromatic heterocycles. The largest absolute Gasteiger partial charge is 0.361 e. The molecule has 2 N–H and O–H groups in total. The number of rotatable bonds is 2. The van der Waals surface area contributed by atoms with Crippen molar-refractivity contribution in [1.82, 2.24) is 15.5 Å². The van der Waals surface area contributed by atoms with E-state index in [1.807, 2.05) is 20.9 Å². The van der Waals surface area contributed by atoms with E-state index in [1.54, 1.807) is 4.90 Å². The van der Waals surface area contributed by atoms with Gasteiger partial charge in [-0.15, -0.1) is 0 Å². The second-order valence-electron chi connectivity index (χ2n) is 3.87. The van der Waals surface area contributed by atoms with Crippen LogP contribution in [0.3, 0.4) is 0 Å². The first-order valence-corrected chi connectivity index (χ1v) is 5.23. The van der Waals surface area contributed by atoms with Crippen LogP contribution < -0.4 is 10.6 Å². The smallest absolute Gasteiger partial charge is 0.244 e. The van der Waals surface area contributed by atoms with Gasteiger partial charge in [-0.05, 0) is 32.5 Å². The van der Waals surface area contributed by atoms with E-state index in [0.29, 0.717) is 11.2 Å². The summed E-state index contributed by atoms with van der Waals surface area (Å²) in [4.78, 5) is 13.2. The van der Waals surface area contributed by atoms with Crippen LogP contribution in [0.5, 0.6) is 0 Å². The third-order valence-electron chi connectivity index (χ3n) is 2.15. The van der Waals surface area contributed by atoms with E-state index < -0.39 is 0 Å². The Labute approximate surface area is 90.0 Å². The van der Waals surface area contributed by atoms with E-state index >= 15 is 0 Å². The zero-order valence-corrected chi connectivity index (χ0v) is 9.65. The molecular formula is C9H17N3OS. The first kappa shape index (κ1) is 11.2. The number of nitrogens with zero attached hydrogens (tertiary/aromatic N) is 1. The van der Waals surface area contributed by atoms with Crippen molar-refractivity contribution in [1.29, 1.82) is 0 Å². The highest BCUT2D eigenvalue weighted by atomic mass is 32.1. The molecule has 80 valence electrons. The van der Waals surface area contributed by atoms with Gasteiger partial charge in [0.2, 0.25) is 5.91 Å². The quantitative estimate of drug-likeness (QED) is 0.641. The van der Waals surface area contributed by atoms with Crippen LogP contribution in [0, 0.1) is 0 Å². The van der Waals surface area contributed by atoms with E-state index in [4.69, 9.17) is 12.2 Å². The monoisotopic (exact) mass is 215 g/mol. The molecule has 1 unspecified atom stereocenters. The topological polar surface area (TPSA) is 44.4 Å². The Balaban J connectivity index is 2.38. The molecule has 1 aliphatic heterocycles. The summed E-state index contributed by atoms with van der Waals surface area (Å²) in [5.74, 6) is 0.123. The summed E-state index contributed by atoms with van der Waals surface area (Å²) >= 11 is 5.07. The molecule has 1 rings (SSSR count). The van der Waals surface area contributed by atoms with Crippen LogP contribution in [0.25, 0.3) is 0 Å². The Kier molecular flexibility index (Phi) is 3.69. The Bertz CT molecular complexity index is 242. The molecule has 0 spiro atoms. The highest BCUT2D eigenvalue weighted by Gasteiger charge is 2.29. The minimum Gasteiger partial charge on any atom is -0.361 e. The summed E-state index contributed by atoms with van der Waals surface area (Å²) in [6, 6.07) is 0.156. The lowest BCUT2D eigenvalue weighted by molar-refractivity contribution is -0.127. The van der Waals surface area contributed by atoms with Crippen molar-refractivity contribution in [3.63, 3.8) is 0 Å². The van der Waals surface area contributed by atoms with Crippen molar-refractivity contribution in [3.05, 3.63) is 0 Å². The maximum atomic E-state index is 11.5. The molecule has 4 nitrogen and oxygen atoms in total. The molecule has 1 aliphatic rings. The second-order valence-corrected chi connectivity index (χ2v) is 4.28. The number of likely N-dealkylation sites (tertiary alicyclic amines) is 1. The number of nitrogens with one attached hydrogen (secondary N) is 2. The molecule has 0 bridgehead atoms. The summed E-state index contributed by atoms with van der Waals surface area (Å²) in [6.07, 6.45) is 0.829. The molecule has 1 atom stereocenters. The van der Waals surface area contributed by atoms with E-state index in [-0.39, 0.29) is 11.9 Å². The highest BCUT2D eigenvalue weighted by Crippen LogP contribution is 2.07. The zero-order chi connectivity index (χ0) is 10.7. The standard InChI is InChI=1S/C9H17N3OS/c1-6(2)10-9(14)11-7-4-5-12(3)8(7)13/h6-7H,4-5H2,1-3H3,(H2,10,11,14). The Morgan fingerprint density at radius 1 is 1.64 bits per heavy atom. The summed E-state index contributed by atoms with van der Waals surface area (Å²) in [7, 11) is 1.81. The van der Waals surface area contributed by atoms with E-state index in [1.165, 1.54) is 0 Å². The number of hydrogen-bond donors (Lipinski definition) is 2. The summed E-state index contributed by atoms with van der Waals surface area (Å²) in [6.45, 7) is 4.83. The number of hydrogen-bond acceptors (Lipinski definition) is 2. The lowest BCUT2D eigenvalue weighted by atomic mass is 10.2. The fourth-order valence-electron chi connectivity index (χ4n) is 1.42. The third kappa shape index (κ3) is 2.83. The van der Waals surface area contributed by atoms with Gasteiger partial charge in [0.15, 0.2) is 5.11 Å². The van der Waals surface area contributed by atoms with Crippen LogP contribution in [0.15, 0.2) is 0 Å². The van der Waals surface area contributed by atoms with Gasteiger partial charge < -0.3 is 15.5 Å². The molecule has 0 radical (unpaired) electrons. The Morgan fingerprint density at radius 2 is 2.29 bits per heavy atom. The maximum absolute atomic E-state index is 11.5. The molecule has 1 amide bonds. The summed E-state index contributed by atoms with van der Waals surface area (Å²) in [5, 5.41) is 6.64. The first-order valence-electron chi connectivity index (χ1n) is 4.82. The van der Waals surface area contributed by atoms with Gasteiger partial charge in [-0.3, -0.25) is 4.79 Å². The summed E-state index contributed by atoms with van der Waals surface area (Å²) in [5.41, 5.74) is 0. The van der Waals surface area contributed by atoms with Gasteiger partial charge >= 0.3 is 0 Å². The fourth-order valence-corrected chi connectivity index (χ4v) is 1.80.